The Labute approximate surface area is 122 Å². The molecule has 0 fully saturated rings. The number of furan rings is 1. The highest BCUT2D eigenvalue weighted by Gasteiger charge is 2.25. The van der Waals surface area contributed by atoms with Gasteiger partial charge in [-0.3, -0.25) is 4.79 Å². The zero-order chi connectivity index (χ0) is 16.2. The van der Waals surface area contributed by atoms with Crippen LogP contribution in [-0.2, 0) is 14.8 Å². The van der Waals surface area contributed by atoms with Gasteiger partial charge in [0.2, 0.25) is 5.09 Å². The largest absolute Gasteiger partial charge is 0.480 e. The molecule has 0 spiro atoms. The van der Waals surface area contributed by atoms with Crippen LogP contribution < -0.4 is 10.0 Å². The first-order valence-corrected chi connectivity index (χ1v) is 7.72. The van der Waals surface area contributed by atoms with E-state index in [9.17, 15) is 18.0 Å². The van der Waals surface area contributed by atoms with Crippen LogP contribution in [0, 0.1) is 5.92 Å². The Hall–Kier alpha value is -1.87. The number of hydrogen-bond donors (Lipinski definition) is 3. The summed E-state index contributed by atoms with van der Waals surface area (Å²) in [6, 6.07) is 1.24. The van der Waals surface area contributed by atoms with Crippen molar-refractivity contribution >= 4 is 21.9 Å². The minimum atomic E-state index is -3.79. The average Bonchev–Trinajstić information content (AvgIpc) is 2.87. The molecule has 0 aliphatic carbocycles. The smallest absolute Gasteiger partial charge is 0.326 e. The summed E-state index contributed by atoms with van der Waals surface area (Å²) in [5, 5.41) is 10.9. The second kappa shape index (κ2) is 6.72. The number of amides is 1. The highest BCUT2D eigenvalue weighted by Crippen LogP contribution is 2.14. The summed E-state index contributed by atoms with van der Waals surface area (Å²) in [6.45, 7) is 3.65. The van der Waals surface area contributed by atoms with Crippen LogP contribution in [0.25, 0.3) is 0 Å². The lowest BCUT2D eigenvalue weighted by atomic mass is 10.0. The fourth-order valence-corrected chi connectivity index (χ4v) is 2.26. The van der Waals surface area contributed by atoms with Crippen molar-refractivity contribution in [3.63, 3.8) is 0 Å². The lowest BCUT2D eigenvalue weighted by Crippen LogP contribution is -2.41. The number of aliphatic carboxylic acids is 1. The van der Waals surface area contributed by atoms with Gasteiger partial charge in [-0.25, -0.2) is 17.9 Å². The van der Waals surface area contributed by atoms with Crippen molar-refractivity contribution in [1.29, 1.82) is 0 Å². The van der Waals surface area contributed by atoms with Crippen molar-refractivity contribution in [2.24, 2.45) is 5.92 Å². The number of carbonyl (C=O) groups is 2. The van der Waals surface area contributed by atoms with Crippen LogP contribution in [-0.4, -0.2) is 38.5 Å². The van der Waals surface area contributed by atoms with Gasteiger partial charge in [-0.05, 0) is 31.5 Å². The summed E-state index contributed by atoms with van der Waals surface area (Å²) in [4.78, 5) is 22.9. The van der Waals surface area contributed by atoms with Gasteiger partial charge in [0.05, 0.1) is 0 Å². The third-order valence-electron chi connectivity index (χ3n) is 2.65. The quantitative estimate of drug-likeness (QED) is 0.669. The van der Waals surface area contributed by atoms with Crippen molar-refractivity contribution < 1.29 is 27.5 Å². The van der Waals surface area contributed by atoms with E-state index >= 15 is 0 Å². The molecule has 0 aromatic carbocycles. The van der Waals surface area contributed by atoms with Crippen LogP contribution in [0.4, 0.5) is 0 Å². The van der Waals surface area contributed by atoms with E-state index in [1.807, 2.05) is 18.6 Å². The summed E-state index contributed by atoms with van der Waals surface area (Å²) in [7, 11) is -2.58. The highest BCUT2D eigenvalue weighted by molar-refractivity contribution is 7.89. The first-order chi connectivity index (χ1) is 9.67. The minimum Gasteiger partial charge on any atom is -0.480 e. The third-order valence-corrected chi connectivity index (χ3v) is 3.94. The number of sulfonamides is 1. The van der Waals surface area contributed by atoms with Crippen LogP contribution >= 0.6 is 0 Å². The van der Waals surface area contributed by atoms with Crippen LogP contribution in [0.2, 0.25) is 0 Å². The predicted octanol–water partition coefficient (Wildman–Crippen LogP) is 0.417. The fourth-order valence-electron chi connectivity index (χ4n) is 1.61. The number of nitrogens with one attached hydrogen (secondary N) is 2. The van der Waals surface area contributed by atoms with E-state index in [1.165, 1.54) is 13.1 Å². The monoisotopic (exact) mass is 318 g/mol. The van der Waals surface area contributed by atoms with Gasteiger partial charge in [0.15, 0.2) is 5.76 Å². The van der Waals surface area contributed by atoms with Gasteiger partial charge in [0, 0.05) is 0 Å². The second-order valence-electron chi connectivity index (χ2n) is 4.82. The van der Waals surface area contributed by atoms with Gasteiger partial charge in [-0.1, -0.05) is 13.8 Å². The Kier molecular flexibility index (Phi) is 5.50. The summed E-state index contributed by atoms with van der Waals surface area (Å²) in [5.41, 5.74) is 0. The van der Waals surface area contributed by atoms with Crippen LogP contribution in [0.15, 0.2) is 21.6 Å². The molecule has 21 heavy (non-hydrogen) atoms. The van der Waals surface area contributed by atoms with E-state index in [0.29, 0.717) is 0 Å². The fraction of sp³-hybridized carbons (Fsp3) is 0.500. The Bertz CT molecular complexity index is 619. The van der Waals surface area contributed by atoms with Gasteiger partial charge in [0.25, 0.3) is 15.9 Å². The zero-order valence-electron chi connectivity index (χ0n) is 11.9. The molecule has 3 N–H and O–H groups in total. The maximum atomic E-state index is 11.9. The molecule has 1 amide bonds. The predicted molar refractivity (Wildman–Crippen MR) is 73.3 cm³/mol. The van der Waals surface area contributed by atoms with Crippen LogP contribution in [0.3, 0.4) is 0 Å². The molecule has 1 rings (SSSR count). The number of carboxylic acids is 1. The molecule has 1 atom stereocenters. The molecule has 0 aliphatic rings. The van der Waals surface area contributed by atoms with Crippen LogP contribution in [0.5, 0.6) is 0 Å². The standard InChI is InChI=1S/C12H18N2O6S/c1-7(2)6-8(12(16)17)14-11(15)9-4-5-10(20-9)21(18,19)13-3/h4-5,7-8,13H,6H2,1-3H3,(H,14,15)(H,16,17). The first-order valence-electron chi connectivity index (χ1n) is 6.24. The van der Waals surface area contributed by atoms with Gasteiger partial charge >= 0.3 is 5.97 Å². The molecule has 0 bridgehead atoms. The lowest BCUT2D eigenvalue weighted by molar-refractivity contribution is -0.139. The molecule has 8 nitrogen and oxygen atoms in total. The second-order valence-corrected chi connectivity index (χ2v) is 6.64. The van der Waals surface area contributed by atoms with Crippen LogP contribution in [0.1, 0.15) is 30.8 Å². The molecule has 0 radical (unpaired) electrons. The average molecular weight is 318 g/mol. The number of carbonyl (C=O) groups excluding carboxylic acids is 1. The Morgan fingerprint density at radius 3 is 2.43 bits per heavy atom. The molecule has 1 unspecified atom stereocenters. The zero-order valence-corrected chi connectivity index (χ0v) is 12.7. The molecule has 9 heteroatoms. The molecular formula is C12H18N2O6S. The van der Waals surface area contributed by atoms with Gasteiger partial charge in [-0.2, -0.15) is 0 Å². The Morgan fingerprint density at radius 2 is 1.95 bits per heavy atom. The Morgan fingerprint density at radius 1 is 1.33 bits per heavy atom. The van der Waals surface area contributed by atoms with Crippen molar-refractivity contribution in [2.75, 3.05) is 7.05 Å². The van der Waals surface area contributed by atoms with E-state index in [1.54, 1.807) is 0 Å². The molecule has 1 aromatic rings. The van der Waals surface area contributed by atoms with E-state index < -0.39 is 33.0 Å². The van der Waals surface area contributed by atoms with Crippen molar-refractivity contribution in [3.05, 3.63) is 17.9 Å². The summed E-state index contributed by atoms with van der Waals surface area (Å²) in [6.07, 6.45) is 0.253. The molecule has 0 aliphatic heterocycles. The number of carboxylic acid groups (broad SMARTS) is 1. The number of rotatable bonds is 7. The van der Waals surface area contributed by atoms with Gasteiger partial charge < -0.3 is 14.8 Å². The van der Waals surface area contributed by atoms with Crippen molar-refractivity contribution in [3.8, 4) is 0 Å². The lowest BCUT2D eigenvalue weighted by Gasteiger charge is -2.15. The topological polar surface area (TPSA) is 126 Å². The van der Waals surface area contributed by atoms with E-state index in [0.717, 1.165) is 6.07 Å². The molecule has 118 valence electrons. The van der Waals surface area contributed by atoms with E-state index in [-0.39, 0.29) is 18.1 Å². The molecule has 0 saturated carbocycles. The summed E-state index contributed by atoms with van der Waals surface area (Å²) >= 11 is 0. The third kappa shape index (κ3) is 4.57. The van der Waals surface area contributed by atoms with Gasteiger partial charge in [0.1, 0.15) is 6.04 Å². The highest BCUT2D eigenvalue weighted by atomic mass is 32.2. The Balaban J connectivity index is 2.87. The molecule has 0 saturated heterocycles. The van der Waals surface area contributed by atoms with Gasteiger partial charge in [-0.15, -0.1) is 0 Å². The maximum absolute atomic E-state index is 11.9. The maximum Gasteiger partial charge on any atom is 0.326 e. The first kappa shape index (κ1) is 17.2. The normalized spacial score (nSPS) is 13.1. The minimum absolute atomic E-state index is 0.0724. The molecule has 1 aromatic heterocycles. The van der Waals surface area contributed by atoms with E-state index in [2.05, 4.69) is 5.32 Å². The SMILES string of the molecule is CNS(=O)(=O)c1ccc(C(=O)NC(CC(C)C)C(=O)O)o1. The van der Waals surface area contributed by atoms with Crippen molar-refractivity contribution in [2.45, 2.75) is 31.4 Å². The molecule has 1 heterocycles. The molecular weight excluding hydrogens is 300 g/mol. The van der Waals surface area contributed by atoms with E-state index in [4.69, 9.17) is 9.52 Å². The summed E-state index contributed by atoms with van der Waals surface area (Å²) in [5.74, 6) is -2.13. The van der Waals surface area contributed by atoms with Crippen molar-refractivity contribution in [1.82, 2.24) is 10.0 Å². The summed E-state index contributed by atoms with van der Waals surface area (Å²) < 4.78 is 29.9. The number of hydrogen-bond acceptors (Lipinski definition) is 5.